The van der Waals surface area contributed by atoms with Crippen molar-refractivity contribution in [2.45, 2.75) is 18.4 Å². The standard InChI is InChI=1S/C12H13ClN2O2S2/c1-8-6-18-7-9(8)5-15-19(16,17)12-4-10(14)2-3-11(12)13/h2-4,6-7,15H,5,14H2,1H3. The topological polar surface area (TPSA) is 72.2 Å². The zero-order chi connectivity index (χ0) is 14.0. The summed E-state index contributed by atoms with van der Waals surface area (Å²) in [6, 6.07) is 4.39. The lowest BCUT2D eigenvalue weighted by Crippen LogP contribution is -2.23. The highest BCUT2D eigenvalue weighted by Crippen LogP contribution is 2.24. The van der Waals surface area contributed by atoms with Gasteiger partial charge in [0.25, 0.3) is 0 Å². The van der Waals surface area contributed by atoms with Gasteiger partial charge in [0.05, 0.1) is 5.02 Å². The Balaban J connectivity index is 2.23. The SMILES string of the molecule is Cc1cscc1CNS(=O)(=O)c1cc(N)ccc1Cl. The monoisotopic (exact) mass is 316 g/mol. The van der Waals surface area contributed by atoms with E-state index in [2.05, 4.69) is 4.72 Å². The van der Waals surface area contributed by atoms with Crippen LogP contribution in [0, 0.1) is 6.92 Å². The second-order valence-corrected chi connectivity index (χ2v) is 6.98. The van der Waals surface area contributed by atoms with E-state index in [1.807, 2.05) is 17.7 Å². The fourth-order valence-electron chi connectivity index (χ4n) is 1.54. The van der Waals surface area contributed by atoms with Crippen LogP contribution in [0.25, 0.3) is 0 Å². The molecule has 0 unspecified atom stereocenters. The Hall–Kier alpha value is -1.08. The number of sulfonamides is 1. The third-order valence-electron chi connectivity index (χ3n) is 2.66. The van der Waals surface area contributed by atoms with Crippen LogP contribution >= 0.6 is 22.9 Å². The highest BCUT2D eigenvalue weighted by Gasteiger charge is 2.18. The zero-order valence-electron chi connectivity index (χ0n) is 10.2. The molecule has 1 aromatic heterocycles. The molecule has 1 aromatic carbocycles. The van der Waals surface area contributed by atoms with Crippen LogP contribution in [0.5, 0.6) is 0 Å². The van der Waals surface area contributed by atoms with E-state index in [-0.39, 0.29) is 16.5 Å². The zero-order valence-corrected chi connectivity index (χ0v) is 12.6. The largest absolute Gasteiger partial charge is 0.399 e. The minimum atomic E-state index is -3.66. The molecule has 0 saturated carbocycles. The number of rotatable bonds is 4. The molecule has 19 heavy (non-hydrogen) atoms. The van der Waals surface area contributed by atoms with Crippen LogP contribution in [0.4, 0.5) is 5.69 Å². The van der Waals surface area contributed by atoms with Gasteiger partial charge in [-0.3, -0.25) is 0 Å². The summed E-state index contributed by atoms with van der Waals surface area (Å²) >= 11 is 7.44. The molecule has 7 heteroatoms. The van der Waals surface area contributed by atoms with Crippen molar-refractivity contribution in [1.82, 2.24) is 4.72 Å². The lowest BCUT2D eigenvalue weighted by atomic mass is 10.2. The van der Waals surface area contributed by atoms with Crippen molar-refractivity contribution < 1.29 is 8.42 Å². The maximum absolute atomic E-state index is 12.2. The lowest BCUT2D eigenvalue weighted by molar-refractivity contribution is 0.581. The fraction of sp³-hybridized carbons (Fsp3) is 0.167. The van der Waals surface area contributed by atoms with Crippen LogP contribution in [-0.4, -0.2) is 8.42 Å². The summed E-state index contributed by atoms with van der Waals surface area (Å²) in [5, 5.41) is 4.04. The molecule has 0 radical (unpaired) electrons. The molecule has 0 aliphatic heterocycles. The second kappa shape index (κ2) is 5.50. The normalized spacial score (nSPS) is 11.7. The number of benzene rings is 1. The van der Waals surface area contributed by atoms with E-state index in [1.165, 1.54) is 23.5 Å². The second-order valence-electron chi connectivity index (χ2n) is 4.09. The van der Waals surface area contributed by atoms with Crippen LogP contribution in [-0.2, 0) is 16.6 Å². The van der Waals surface area contributed by atoms with Gasteiger partial charge in [0.1, 0.15) is 4.90 Å². The maximum atomic E-state index is 12.2. The number of anilines is 1. The average Bonchev–Trinajstić information content (AvgIpc) is 2.75. The van der Waals surface area contributed by atoms with Gasteiger partial charge in [-0.2, -0.15) is 11.3 Å². The quantitative estimate of drug-likeness (QED) is 0.852. The molecule has 0 aliphatic rings. The third kappa shape index (κ3) is 3.27. The molecule has 0 saturated heterocycles. The number of nitrogens with two attached hydrogens (primary N) is 1. The maximum Gasteiger partial charge on any atom is 0.242 e. The molecule has 2 rings (SSSR count). The molecule has 0 aliphatic carbocycles. The number of hydrogen-bond acceptors (Lipinski definition) is 4. The van der Waals surface area contributed by atoms with E-state index < -0.39 is 10.0 Å². The summed E-state index contributed by atoms with van der Waals surface area (Å²) in [6.45, 7) is 2.18. The van der Waals surface area contributed by atoms with E-state index in [0.717, 1.165) is 11.1 Å². The van der Waals surface area contributed by atoms with E-state index in [4.69, 9.17) is 17.3 Å². The molecule has 0 bridgehead atoms. The van der Waals surface area contributed by atoms with E-state index >= 15 is 0 Å². The average molecular weight is 317 g/mol. The van der Waals surface area contributed by atoms with Crippen molar-refractivity contribution in [2.24, 2.45) is 0 Å². The minimum Gasteiger partial charge on any atom is -0.399 e. The van der Waals surface area contributed by atoms with Crippen LogP contribution in [0.3, 0.4) is 0 Å². The van der Waals surface area contributed by atoms with Crippen molar-refractivity contribution in [3.63, 3.8) is 0 Å². The predicted molar refractivity (Wildman–Crippen MR) is 78.9 cm³/mol. The first kappa shape index (κ1) is 14.3. The van der Waals surface area contributed by atoms with Gasteiger partial charge in [-0.25, -0.2) is 13.1 Å². The molecule has 0 spiro atoms. The molecule has 0 atom stereocenters. The Morgan fingerprint density at radius 3 is 2.74 bits per heavy atom. The Labute approximate surface area is 121 Å². The van der Waals surface area contributed by atoms with Gasteiger partial charge in [-0.15, -0.1) is 0 Å². The number of thiophene rings is 1. The number of hydrogen-bond donors (Lipinski definition) is 2. The van der Waals surface area contributed by atoms with Gasteiger partial charge in [0.2, 0.25) is 10.0 Å². The summed E-state index contributed by atoms with van der Waals surface area (Å²) < 4.78 is 26.9. The molecule has 2 aromatic rings. The third-order valence-corrected chi connectivity index (χ3v) is 5.45. The lowest BCUT2D eigenvalue weighted by Gasteiger charge is -2.09. The number of nitrogens with one attached hydrogen (secondary N) is 1. The summed E-state index contributed by atoms with van der Waals surface area (Å²) in [5.41, 5.74) is 7.96. The first-order valence-electron chi connectivity index (χ1n) is 5.46. The van der Waals surface area contributed by atoms with Gasteiger partial charge >= 0.3 is 0 Å². The highest BCUT2D eigenvalue weighted by molar-refractivity contribution is 7.89. The first-order chi connectivity index (χ1) is 8.90. The summed E-state index contributed by atoms with van der Waals surface area (Å²) in [5.74, 6) is 0. The van der Waals surface area contributed by atoms with Crippen molar-refractivity contribution in [1.29, 1.82) is 0 Å². The molecule has 102 valence electrons. The molecule has 4 nitrogen and oxygen atoms in total. The van der Waals surface area contributed by atoms with Gasteiger partial charge in [-0.05, 0) is 47.0 Å². The number of nitrogen functional groups attached to an aromatic ring is 1. The molecule has 0 amide bonds. The van der Waals surface area contributed by atoms with Crippen LogP contribution in [0.2, 0.25) is 5.02 Å². The van der Waals surface area contributed by atoms with Crippen LogP contribution < -0.4 is 10.5 Å². The van der Waals surface area contributed by atoms with E-state index in [9.17, 15) is 8.42 Å². The number of aryl methyl sites for hydroxylation is 1. The summed E-state index contributed by atoms with van der Waals surface area (Å²) in [7, 11) is -3.66. The highest BCUT2D eigenvalue weighted by atomic mass is 35.5. The van der Waals surface area contributed by atoms with E-state index in [1.54, 1.807) is 6.07 Å². The van der Waals surface area contributed by atoms with Crippen LogP contribution in [0.1, 0.15) is 11.1 Å². The minimum absolute atomic E-state index is 0.00190. The molecule has 1 heterocycles. The summed E-state index contributed by atoms with van der Waals surface area (Å²) in [4.78, 5) is 0.00190. The molecular formula is C12H13ClN2O2S2. The van der Waals surface area contributed by atoms with Gasteiger partial charge < -0.3 is 5.73 Å². The first-order valence-corrected chi connectivity index (χ1v) is 8.27. The van der Waals surface area contributed by atoms with Crippen molar-refractivity contribution >= 4 is 38.6 Å². The molecule has 3 N–H and O–H groups in total. The Morgan fingerprint density at radius 1 is 1.37 bits per heavy atom. The van der Waals surface area contributed by atoms with Gasteiger partial charge in [0, 0.05) is 12.2 Å². The molecule has 0 fully saturated rings. The van der Waals surface area contributed by atoms with Gasteiger partial charge in [0.15, 0.2) is 0 Å². The summed E-state index contributed by atoms with van der Waals surface area (Å²) in [6.07, 6.45) is 0. The van der Waals surface area contributed by atoms with Crippen molar-refractivity contribution in [3.05, 3.63) is 45.1 Å². The predicted octanol–water partition coefficient (Wildman–Crippen LogP) is 2.77. The Kier molecular flexibility index (Phi) is 4.15. The van der Waals surface area contributed by atoms with Crippen molar-refractivity contribution in [3.8, 4) is 0 Å². The smallest absolute Gasteiger partial charge is 0.242 e. The van der Waals surface area contributed by atoms with Crippen LogP contribution in [0.15, 0.2) is 33.9 Å². The Bertz CT molecular complexity index is 696. The van der Waals surface area contributed by atoms with E-state index in [0.29, 0.717) is 5.69 Å². The Morgan fingerprint density at radius 2 is 2.11 bits per heavy atom. The number of halogens is 1. The molecular weight excluding hydrogens is 304 g/mol. The van der Waals surface area contributed by atoms with Crippen molar-refractivity contribution in [2.75, 3.05) is 5.73 Å². The van der Waals surface area contributed by atoms with Gasteiger partial charge in [-0.1, -0.05) is 11.6 Å². The fourth-order valence-corrected chi connectivity index (χ4v) is 3.94.